The topological polar surface area (TPSA) is 66.5 Å². The molecular weight excluding hydrogens is 387 g/mol. The molecule has 0 spiro atoms. The average molecular weight is 404 g/mol. The van der Waals surface area contributed by atoms with Crippen LogP contribution in [-0.4, -0.2) is 21.4 Å². The lowest BCUT2D eigenvalue weighted by molar-refractivity contribution is 0.103. The summed E-state index contributed by atoms with van der Waals surface area (Å²) in [6.07, 6.45) is 0. The van der Waals surface area contributed by atoms with Crippen LogP contribution in [0.2, 0.25) is 0 Å². The molecule has 0 aliphatic heterocycles. The van der Waals surface area contributed by atoms with E-state index in [0.29, 0.717) is 11.4 Å². The van der Waals surface area contributed by atoms with Gasteiger partial charge in [-0.2, -0.15) is 0 Å². The normalized spacial score (nSPS) is 11.2. The molecule has 1 N–H and O–H groups in total. The third-order valence-electron chi connectivity index (χ3n) is 3.96. The van der Waals surface area contributed by atoms with Crippen molar-refractivity contribution in [3.63, 3.8) is 0 Å². The number of thiophene rings is 1. The largest absolute Gasteiger partial charge is 0.321 e. The van der Waals surface area contributed by atoms with Gasteiger partial charge in [-0.3, -0.25) is 9.10 Å². The van der Waals surface area contributed by atoms with E-state index in [1.54, 1.807) is 12.1 Å². The van der Waals surface area contributed by atoms with Gasteiger partial charge in [0.2, 0.25) is 0 Å². The molecule has 0 unspecified atom stereocenters. The molecule has 0 saturated carbocycles. The number of carbonyl (C=O) groups excluding carboxylic acids is 1. The van der Waals surface area contributed by atoms with Crippen LogP contribution in [-0.2, 0) is 10.0 Å². The van der Waals surface area contributed by atoms with Crippen molar-refractivity contribution >= 4 is 38.6 Å². The second-order valence-corrected chi connectivity index (χ2v) is 8.80. The Bertz CT molecular complexity index is 1060. The second kappa shape index (κ2) is 7.50. The number of aryl methyl sites for hydroxylation is 1. The molecule has 140 valence electrons. The minimum Gasteiger partial charge on any atom is -0.321 e. The SMILES string of the molecule is Cc1ccc(NC(=O)c2cc(S(=O)(=O)N(C)c3ccc(F)cc3)cs2)cc1. The van der Waals surface area contributed by atoms with E-state index < -0.39 is 15.8 Å². The highest BCUT2D eigenvalue weighted by atomic mass is 32.2. The van der Waals surface area contributed by atoms with E-state index in [1.807, 2.05) is 19.1 Å². The Morgan fingerprint density at radius 1 is 1.07 bits per heavy atom. The molecule has 0 aliphatic carbocycles. The molecule has 5 nitrogen and oxygen atoms in total. The van der Waals surface area contributed by atoms with Crippen LogP contribution >= 0.6 is 11.3 Å². The number of nitrogens with one attached hydrogen (secondary N) is 1. The Morgan fingerprint density at radius 2 is 1.70 bits per heavy atom. The molecule has 0 atom stereocenters. The van der Waals surface area contributed by atoms with E-state index in [1.165, 1.54) is 42.8 Å². The summed E-state index contributed by atoms with van der Waals surface area (Å²) in [5.41, 5.74) is 2.03. The maximum atomic E-state index is 13.1. The number of anilines is 2. The number of amides is 1. The van der Waals surface area contributed by atoms with Gasteiger partial charge in [-0.1, -0.05) is 17.7 Å². The third kappa shape index (κ3) is 4.17. The van der Waals surface area contributed by atoms with Crippen LogP contribution in [0.3, 0.4) is 0 Å². The molecule has 0 radical (unpaired) electrons. The fourth-order valence-electron chi connectivity index (χ4n) is 2.35. The van der Waals surface area contributed by atoms with E-state index >= 15 is 0 Å². The summed E-state index contributed by atoms with van der Waals surface area (Å²) in [7, 11) is -2.47. The maximum Gasteiger partial charge on any atom is 0.265 e. The molecule has 2 aromatic carbocycles. The van der Waals surface area contributed by atoms with Gasteiger partial charge in [0.15, 0.2) is 0 Å². The quantitative estimate of drug-likeness (QED) is 0.690. The third-order valence-corrected chi connectivity index (χ3v) is 6.80. The van der Waals surface area contributed by atoms with E-state index in [-0.39, 0.29) is 15.7 Å². The van der Waals surface area contributed by atoms with E-state index in [4.69, 9.17) is 0 Å². The first kappa shape index (κ1) is 19.1. The van der Waals surface area contributed by atoms with Crippen molar-refractivity contribution in [1.29, 1.82) is 0 Å². The van der Waals surface area contributed by atoms with Crippen molar-refractivity contribution < 1.29 is 17.6 Å². The fourth-order valence-corrected chi connectivity index (χ4v) is 4.70. The van der Waals surface area contributed by atoms with Gasteiger partial charge >= 0.3 is 0 Å². The van der Waals surface area contributed by atoms with Crippen LogP contribution in [0.25, 0.3) is 0 Å². The highest BCUT2D eigenvalue weighted by Crippen LogP contribution is 2.26. The second-order valence-electron chi connectivity index (χ2n) is 5.92. The molecule has 3 rings (SSSR count). The van der Waals surface area contributed by atoms with Crippen LogP contribution in [0.5, 0.6) is 0 Å². The Labute approximate surface area is 161 Å². The molecule has 0 saturated heterocycles. The number of hydrogen-bond acceptors (Lipinski definition) is 4. The van der Waals surface area contributed by atoms with Crippen molar-refractivity contribution in [3.8, 4) is 0 Å². The summed E-state index contributed by atoms with van der Waals surface area (Å²) in [5.74, 6) is -0.829. The average Bonchev–Trinajstić information content (AvgIpc) is 3.15. The van der Waals surface area contributed by atoms with Gasteiger partial charge < -0.3 is 5.32 Å². The lowest BCUT2D eigenvalue weighted by atomic mass is 10.2. The Morgan fingerprint density at radius 3 is 2.33 bits per heavy atom. The summed E-state index contributed by atoms with van der Waals surface area (Å²) in [6, 6.07) is 13.8. The van der Waals surface area contributed by atoms with Gasteiger partial charge in [-0.25, -0.2) is 12.8 Å². The Kier molecular flexibility index (Phi) is 5.29. The van der Waals surface area contributed by atoms with Crippen molar-refractivity contribution in [2.75, 3.05) is 16.7 Å². The molecule has 0 aliphatic rings. The molecule has 0 fully saturated rings. The zero-order chi connectivity index (χ0) is 19.6. The molecule has 27 heavy (non-hydrogen) atoms. The van der Waals surface area contributed by atoms with Crippen LogP contribution in [0.1, 0.15) is 15.2 Å². The van der Waals surface area contributed by atoms with Crippen molar-refractivity contribution in [2.45, 2.75) is 11.8 Å². The van der Waals surface area contributed by atoms with Crippen molar-refractivity contribution in [1.82, 2.24) is 0 Å². The zero-order valence-corrected chi connectivity index (χ0v) is 16.3. The number of sulfonamides is 1. The smallest absolute Gasteiger partial charge is 0.265 e. The number of hydrogen-bond donors (Lipinski definition) is 1. The minimum absolute atomic E-state index is 0.00776. The number of nitrogens with zero attached hydrogens (tertiary/aromatic N) is 1. The molecule has 1 amide bonds. The maximum absolute atomic E-state index is 13.1. The Balaban J connectivity index is 1.80. The zero-order valence-electron chi connectivity index (χ0n) is 14.6. The van der Waals surface area contributed by atoms with Crippen molar-refractivity contribution in [2.24, 2.45) is 0 Å². The standard InChI is InChI=1S/C19H17FN2O3S2/c1-13-3-7-15(8-4-13)21-19(23)18-11-17(12-26-18)27(24,25)22(2)16-9-5-14(20)6-10-16/h3-12H,1-2H3,(H,21,23). The van der Waals surface area contributed by atoms with E-state index in [2.05, 4.69) is 5.32 Å². The number of halogens is 1. The summed E-state index contributed by atoms with van der Waals surface area (Å²) >= 11 is 1.04. The number of carbonyl (C=O) groups is 1. The summed E-state index contributed by atoms with van der Waals surface area (Å²) < 4.78 is 39.6. The van der Waals surface area contributed by atoms with Crippen LogP contribution < -0.4 is 9.62 Å². The van der Waals surface area contributed by atoms with Gasteiger partial charge in [-0.05, 0) is 49.4 Å². The monoisotopic (exact) mass is 404 g/mol. The van der Waals surface area contributed by atoms with Gasteiger partial charge in [0.1, 0.15) is 5.82 Å². The molecule has 0 bridgehead atoms. The summed E-state index contributed by atoms with van der Waals surface area (Å²) in [4.78, 5) is 12.7. The summed E-state index contributed by atoms with van der Waals surface area (Å²) in [6.45, 7) is 1.94. The van der Waals surface area contributed by atoms with Crippen LogP contribution in [0, 0.1) is 12.7 Å². The number of rotatable bonds is 5. The molecule has 8 heteroatoms. The lowest BCUT2D eigenvalue weighted by Crippen LogP contribution is -2.26. The molecule has 1 heterocycles. The first-order valence-electron chi connectivity index (χ1n) is 7.98. The molecular formula is C19H17FN2O3S2. The fraction of sp³-hybridized carbons (Fsp3) is 0.105. The first-order chi connectivity index (χ1) is 12.8. The van der Waals surface area contributed by atoms with E-state index in [9.17, 15) is 17.6 Å². The predicted octanol–water partition coefficient (Wildman–Crippen LogP) is 4.27. The highest BCUT2D eigenvalue weighted by Gasteiger charge is 2.24. The molecule has 1 aromatic heterocycles. The first-order valence-corrected chi connectivity index (χ1v) is 10.3. The minimum atomic E-state index is -3.85. The van der Waals surface area contributed by atoms with Crippen LogP contribution in [0.4, 0.5) is 15.8 Å². The predicted molar refractivity (Wildman–Crippen MR) is 105 cm³/mol. The molecule has 3 aromatic rings. The van der Waals surface area contributed by atoms with Crippen molar-refractivity contribution in [3.05, 3.63) is 76.2 Å². The lowest BCUT2D eigenvalue weighted by Gasteiger charge is -2.18. The van der Waals surface area contributed by atoms with Gasteiger partial charge in [-0.15, -0.1) is 11.3 Å². The van der Waals surface area contributed by atoms with Gasteiger partial charge in [0.05, 0.1) is 15.5 Å². The van der Waals surface area contributed by atoms with Gasteiger partial charge in [0, 0.05) is 18.1 Å². The summed E-state index contributed by atoms with van der Waals surface area (Å²) in [5, 5.41) is 4.15. The highest BCUT2D eigenvalue weighted by molar-refractivity contribution is 7.93. The van der Waals surface area contributed by atoms with Gasteiger partial charge in [0.25, 0.3) is 15.9 Å². The van der Waals surface area contributed by atoms with E-state index in [0.717, 1.165) is 21.2 Å². The Hall–Kier alpha value is -2.71. The van der Waals surface area contributed by atoms with Crippen LogP contribution in [0.15, 0.2) is 64.9 Å². The number of benzene rings is 2.